The molecular formula is C10H9N3O2S. The Bertz CT molecular complexity index is 506. The van der Waals surface area contributed by atoms with Gasteiger partial charge in [-0.05, 0) is 22.4 Å². The van der Waals surface area contributed by atoms with E-state index >= 15 is 0 Å². The van der Waals surface area contributed by atoms with E-state index in [2.05, 4.69) is 15.7 Å². The molecule has 0 amide bonds. The van der Waals surface area contributed by atoms with Gasteiger partial charge in [-0.2, -0.15) is 11.3 Å². The Hall–Kier alpha value is -1.53. The second-order valence-corrected chi connectivity index (χ2v) is 4.36. The number of thiophene rings is 1. The minimum Gasteiger partial charge on any atom is -0.365 e. The molecule has 1 aliphatic heterocycles. The van der Waals surface area contributed by atoms with Crippen molar-refractivity contribution in [3.63, 3.8) is 0 Å². The van der Waals surface area contributed by atoms with Gasteiger partial charge in [-0.3, -0.25) is 4.79 Å². The molecule has 0 N–H and O–H groups in total. The highest BCUT2D eigenvalue weighted by Crippen LogP contribution is 2.27. The number of hydrogen-bond acceptors (Lipinski definition) is 5. The summed E-state index contributed by atoms with van der Waals surface area (Å²) in [6, 6.07) is 2.04. The molecule has 0 aromatic carbocycles. The number of carbonyl (C=O) groups excluding carboxylic acids is 1. The lowest BCUT2D eigenvalue weighted by atomic mass is 10.1. The molecule has 0 saturated carbocycles. The van der Waals surface area contributed by atoms with Crippen molar-refractivity contribution in [1.82, 2.24) is 15.0 Å². The topological polar surface area (TPSA) is 57.0 Å². The fourth-order valence-electron chi connectivity index (χ4n) is 1.78. The van der Waals surface area contributed by atoms with Crippen LogP contribution in [0.4, 0.5) is 0 Å². The quantitative estimate of drug-likeness (QED) is 0.739. The second-order valence-electron chi connectivity index (χ2n) is 3.58. The molecule has 0 aliphatic carbocycles. The Labute approximate surface area is 95.7 Å². The fraction of sp³-hybridized carbons (Fsp3) is 0.300. The van der Waals surface area contributed by atoms with Gasteiger partial charge >= 0.3 is 0 Å². The molecule has 2 aromatic heterocycles. The first-order valence-corrected chi connectivity index (χ1v) is 5.84. The van der Waals surface area contributed by atoms with Crippen molar-refractivity contribution in [2.75, 3.05) is 0 Å². The van der Waals surface area contributed by atoms with Gasteiger partial charge < -0.3 is 4.74 Å². The number of hydrogen-bond donors (Lipinski definition) is 0. The van der Waals surface area contributed by atoms with Crippen molar-refractivity contribution in [2.24, 2.45) is 0 Å². The minimum absolute atomic E-state index is 0.0138. The predicted molar refractivity (Wildman–Crippen MR) is 57.3 cm³/mol. The third kappa shape index (κ3) is 1.46. The molecule has 5 nitrogen and oxygen atoms in total. The Balaban J connectivity index is 1.90. The molecule has 1 unspecified atom stereocenters. The number of rotatable bonds is 2. The third-order valence-corrected chi connectivity index (χ3v) is 3.36. The molecule has 2 aromatic rings. The standard InChI is InChI=1S/C10H9N3O2S/c14-4-8-9-5-15-10(3-13(9)12-11-8)7-1-2-16-6-7/h1-2,4,6,10H,3,5H2. The van der Waals surface area contributed by atoms with Crippen molar-refractivity contribution in [3.05, 3.63) is 33.8 Å². The summed E-state index contributed by atoms with van der Waals surface area (Å²) < 4.78 is 7.44. The molecular weight excluding hydrogens is 226 g/mol. The molecule has 0 saturated heterocycles. The van der Waals surface area contributed by atoms with Crippen LogP contribution in [0.15, 0.2) is 16.8 Å². The van der Waals surface area contributed by atoms with E-state index in [9.17, 15) is 4.79 Å². The Morgan fingerprint density at radius 3 is 3.31 bits per heavy atom. The number of carbonyl (C=O) groups is 1. The van der Waals surface area contributed by atoms with Gasteiger partial charge in [0.2, 0.25) is 0 Å². The molecule has 0 radical (unpaired) electrons. The third-order valence-electron chi connectivity index (χ3n) is 2.65. The van der Waals surface area contributed by atoms with Gasteiger partial charge in [0.25, 0.3) is 0 Å². The van der Waals surface area contributed by atoms with Gasteiger partial charge in [0, 0.05) is 0 Å². The van der Waals surface area contributed by atoms with Gasteiger partial charge in [-0.15, -0.1) is 5.10 Å². The molecule has 6 heteroatoms. The van der Waals surface area contributed by atoms with E-state index in [1.54, 1.807) is 16.0 Å². The molecule has 3 rings (SSSR count). The highest BCUT2D eigenvalue weighted by Gasteiger charge is 2.24. The van der Waals surface area contributed by atoms with E-state index in [4.69, 9.17) is 4.74 Å². The lowest BCUT2D eigenvalue weighted by Crippen LogP contribution is -2.22. The van der Waals surface area contributed by atoms with Crippen LogP contribution in [0.3, 0.4) is 0 Å². The Kier molecular flexibility index (Phi) is 2.30. The summed E-state index contributed by atoms with van der Waals surface area (Å²) in [4.78, 5) is 10.7. The monoisotopic (exact) mass is 235 g/mol. The van der Waals surface area contributed by atoms with Crippen LogP contribution in [0.5, 0.6) is 0 Å². The van der Waals surface area contributed by atoms with Crippen LogP contribution in [0.2, 0.25) is 0 Å². The summed E-state index contributed by atoms with van der Waals surface area (Å²) in [5.41, 5.74) is 2.30. The van der Waals surface area contributed by atoms with E-state index in [0.29, 0.717) is 25.1 Å². The lowest BCUT2D eigenvalue weighted by Gasteiger charge is -2.23. The molecule has 0 fully saturated rings. The molecule has 0 spiro atoms. The second kappa shape index (κ2) is 3.80. The lowest BCUT2D eigenvalue weighted by molar-refractivity contribution is -0.00138. The van der Waals surface area contributed by atoms with Crippen molar-refractivity contribution in [3.8, 4) is 0 Å². The summed E-state index contributed by atoms with van der Waals surface area (Å²) in [7, 11) is 0. The molecule has 1 aliphatic rings. The summed E-state index contributed by atoms with van der Waals surface area (Å²) in [5.74, 6) is 0. The van der Waals surface area contributed by atoms with Crippen LogP contribution >= 0.6 is 11.3 Å². The largest absolute Gasteiger partial charge is 0.365 e. The van der Waals surface area contributed by atoms with Crippen molar-refractivity contribution >= 4 is 17.6 Å². The predicted octanol–water partition coefficient (Wildman–Crippen LogP) is 1.42. The molecule has 0 bridgehead atoms. The normalized spacial score (nSPS) is 19.4. The first kappa shape index (κ1) is 9.68. The number of aromatic nitrogens is 3. The highest BCUT2D eigenvalue weighted by molar-refractivity contribution is 7.07. The zero-order valence-electron chi connectivity index (χ0n) is 8.37. The Morgan fingerprint density at radius 1 is 1.62 bits per heavy atom. The van der Waals surface area contributed by atoms with Crippen molar-refractivity contribution in [1.29, 1.82) is 0 Å². The van der Waals surface area contributed by atoms with E-state index in [1.165, 1.54) is 0 Å². The smallest absolute Gasteiger partial charge is 0.172 e. The maximum atomic E-state index is 10.7. The maximum absolute atomic E-state index is 10.7. The Morgan fingerprint density at radius 2 is 2.56 bits per heavy atom. The highest BCUT2D eigenvalue weighted by atomic mass is 32.1. The van der Waals surface area contributed by atoms with Crippen LogP contribution in [0.1, 0.15) is 27.8 Å². The number of aldehydes is 1. The molecule has 16 heavy (non-hydrogen) atoms. The van der Waals surface area contributed by atoms with E-state index < -0.39 is 0 Å². The van der Waals surface area contributed by atoms with Gasteiger partial charge in [0.1, 0.15) is 6.10 Å². The molecule has 82 valence electrons. The average molecular weight is 235 g/mol. The van der Waals surface area contributed by atoms with Gasteiger partial charge in [-0.1, -0.05) is 5.21 Å². The zero-order chi connectivity index (χ0) is 11.0. The summed E-state index contributed by atoms with van der Waals surface area (Å²) >= 11 is 1.64. The van der Waals surface area contributed by atoms with E-state index in [-0.39, 0.29) is 6.10 Å². The zero-order valence-corrected chi connectivity index (χ0v) is 9.18. The van der Waals surface area contributed by atoms with Gasteiger partial charge in [0.15, 0.2) is 12.0 Å². The summed E-state index contributed by atoms with van der Waals surface area (Å²) in [6.07, 6.45) is 0.729. The fourth-order valence-corrected chi connectivity index (χ4v) is 2.48. The minimum atomic E-state index is 0.0138. The van der Waals surface area contributed by atoms with Crippen LogP contribution < -0.4 is 0 Å². The van der Waals surface area contributed by atoms with Crippen LogP contribution in [-0.2, 0) is 17.9 Å². The number of ether oxygens (including phenoxy) is 1. The maximum Gasteiger partial charge on any atom is 0.172 e. The average Bonchev–Trinajstić information content (AvgIpc) is 2.97. The van der Waals surface area contributed by atoms with E-state index in [0.717, 1.165) is 11.3 Å². The van der Waals surface area contributed by atoms with Crippen molar-refractivity contribution < 1.29 is 9.53 Å². The first-order chi connectivity index (χ1) is 7.88. The summed E-state index contributed by atoms with van der Waals surface area (Å²) in [6.45, 7) is 1.01. The van der Waals surface area contributed by atoms with Crippen molar-refractivity contribution in [2.45, 2.75) is 19.3 Å². The van der Waals surface area contributed by atoms with Crippen LogP contribution in [0, 0.1) is 0 Å². The van der Waals surface area contributed by atoms with Crippen LogP contribution in [0.25, 0.3) is 0 Å². The molecule has 3 heterocycles. The van der Waals surface area contributed by atoms with Gasteiger partial charge in [-0.25, -0.2) is 4.68 Å². The van der Waals surface area contributed by atoms with Crippen LogP contribution in [-0.4, -0.2) is 21.3 Å². The summed E-state index contributed by atoms with van der Waals surface area (Å²) in [5, 5.41) is 11.8. The number of fused-ring (bicyclic) bond motifs is 1. The number of nitrogens with zero attached hydrogens (tertiary/aromatic N) is 3. The van der Waals surface area contributed by atoms with Gasteiger partial charge in [0.05, 0.1) is 18.8 Å². The SMILES string of the molecule is O=Cc1nnn2c1COC(c1ccsc1)C2. The molecule has 1 atom stereocenters. The first-order valence-electron chi connectivity index (χ1n) is 4.89. The van der Waals surface area contributed by atoms with E-state index in [1.807, 2.05) is 11.4 Å².